The topological polar surface area (TPSA) is 38.5 Å². The molecule has 0 aromatic carbocycles. The quantitative estimate of drug-likeness (QED) is 0.874. The lowest BCUT2D eigenvalue weighted by Crippen LogP contribution is -2.40. The zero-order valence-corrected chi connectivity index (χ0v) is 11.3. The van der Waals surface area contributed by atoms with E-state index < -0.39 is 0 Å². The Bertz CT molecular complexity index is 307. The molecular formula is C13H22N2OS. The van der Waals surface area contributed by atoms with Crippen molar-refractivity contribution in [3.63, 3.8) is 0 Å². The van der Waals surface area contributed by atoms with Gasteiger partial charge in [-0.05, 0) is 54.2 Å². The van der Waals surface area contributed by atoms with Crippen LogP contribution < -0.4 is 5.73 Å². The number of nitrogens with two attached hydrogens (primary N) is 1. The smallest absolute Gasteiger partial charge is 0.0491 e. The third-order valence-electron chi connectivity index (χ3n) is 3.64. The summed E-state index contributed by atoms with van der Waals surface area (Å²) in [5, 5.41) is 4.36. The van der Waals surface area contributed by atoms with Crippen LogP contribution in [0.1, 0.15) is 24.4 Å². The highest BCUT2D eigenvalue weighted by Crippen LogP contribution is 2.27. The molecule has 2 heterocycles. The maximum Gasteiger partial charge on any atom is 0.0491 e. The average Bonchev–Trinajstić information content (AvgIpc) is 2.86. The number of rotatable bonds is 5. The zero-order chi connectivity index (χ0) is 12.1. The molecule has 2 rings (SSSR count). The first kappa shape index (κ1) is 13.0. The number of hydrogen-bond acceptors (Lipinski definition) is 4. The van der Waals surface area contributed by atoms with Crippen LogP contribution in [0.25, 0.3) is 0 Å². The fourth-order valence-corrected chi connectivity index (χ4v) is 3.33. The Labute approximate surface area is 108 Å². The van der Waals surface area contributed by atoms with Crippen molar-refractivity contribution in [2.24, 2.45) is 11.7 Å². The molecule has 0 radical (unpaired) electrons. The molecule has 1 atom stereocenters. The Morgan fingerprint density at radius 3 is 2.82 bits per heavy atom. The van der Waals surface area contributed by atoms with Crippen molar-refractivity contribution in [2.75, 3.05) is 33.4 Å². The first-order valence-corrected chi connectivity index (χ1v) is 7.24. The van der Waals surface area contributed by atoms with E-state index in [4.69, 9.17) is 10.5 Å². The lowest BCUT2D eigenvalue weighted by molar-refractivity contribution is 0.0811. The van der Waals surface area contributed by atoms with E-state index in [-0.39, 0.29) is 0 Å². The van der Waals surface area contributed by atoms with Gasteiger partial charge in [0.25, 0.3) is 0 Å². The van der Waals surface area contributed by atoms with Crippen LogP contribution in [0, 0.1) is 5.92 Å². The first-order valence-electron chi connectivity index (χ1n) is 6.30. The number of methoxy groups -OCH3 is 1. The van der Waals surface area contributed by atoms with E-state index in [1.807, 2.05) is 0 Å². The Morgan fingerprint density at radius 2 is 2.29 bits per heavy atom. The highest BCUT2D eigenvalue weighted by Gasteiger charge is 2.25. The van der Waals surface area contributed by atoms with Gasteiger partial charge in [-0.25, -0.2) is 0 Å². The summed E-state index contributed by atoms with van der Waals surface area (Å²) in [5.41, 5.74) is 7.30. The third-order valence-corrected chi connectivity index (χ3v) is 4.34. The molecule has 0 saturated carbocycles. The minimum absolute atomic E-state index is 0.407. The van der Waals surface area contributed by atoms with Gasteiger partial charge in [-0.3, -0.25) is 4.90 Å². The number of likely N-dealkylation sites (tertiary alicyclic amines) is 1. The van der Waals surface area contributed by atoms with Gasteiger partial charge in [-0.2, -0.15) is 11.3 Å². The number of ether oxygens (including phenoxy) is 1. The summed E-state index contributed by atoms with van der Waals surface area (Å²) in [6.45, 7) is 3.91. The summed E-state index contributed by atoms with van der Waals surface area (Å²) in [6.07, 6.45) is 2.46. The summed E-state index contributed by atoms with van der Waals surface area (Å²) in [5.74, 6) is 0.733. The van der Waals surface area contributed by atoms with E-state index in [2.05, 4.69) is 21.7 Å². The van der Waals surface area contributed by atoms with Gasteiger partial charge in [0, 0.05) is 26.3 Å². The van der Waals surface area contributed by atoms with Crippen LogP contribution >= 0.6 is 11.3 Å². The molecule has 1 unspecified atom stereocenters. The normalized spacial score (nSPS) is 20.6. The highest BCUT2D eigenvalue weighted by atomic mass is 32.1. The molecule has 1 fully saturated rings. The number of piperidine rings is 1. The van der Waals surface area contributed by atoms with E-state index in [1.54, 1.807) is 18.4 Å². The fourth-order valence-electron chi connectivity index (χ4n) is 2.63. The minimum atomic E-state index is 0.407. The van der Waals surface area contributed by atoms with Crippen molar-refractivity contribution in [1.82, 2.24) is 4.90 Å². The van der Waals surface area contributed by atoms with Gasteiger partial charge in [0.2, 0.25) is 0 Å². The molecule has 1 aromatic heterocycles. The second-order valence-electron chi connectivity index (χ2n) is 4.74. The second kappa shape index (κ2) is 6.50. The van der Waals surface area contributed by atoms with Gasteiger partial charge in [0.1, 0.15) is 0 Å². The Morgan fingerprint density at radius 1 is 1.53 bits per heavy atom. The highest BCUT2D eigenvalue weighted by molar-refractivity contribution is 7.07. The standard InChI is InChI=1S/C13H22N2OS/c1-16-9-11-2-5-15(6-3-11)13(8-14)12-4-7-17-10-12/h4,7,10-11,13H,2-3,5-6,8-9,14H2,1H3. The Balaban J connectivity index is 1.90. The second-order valence-corrected chi connectivity index (χ2v) is 5.52. The summed E-state index contributed by atoms with van der Waals surface area (Å²) in [7, 11) is 1.79. The van der Waals surface area contributed by atoms with E-state index in [0.717, 1.165) is 25.6 Å². The largest absolute Gasteiger partial charge is 0.384 e. The van der Waals surface area contributed by atoms with E-state index >= 15 is 0 Å². The van der Waals surface area contributed by atoms with Crippen molar-refractivity contribution in [1.29, 1.82) is 0 Å². The van der Waals surface area contributed by atoms with Gasteiger partial charge in [-0.1, -0.05) is 0 Å². The Kier molecular flexibility index (Phi) is 4.98. The number of hydrogen-bond donors (Lipinski definition) is 1. The van der Waals surface area contributed by atoms with Crippen molar-refractivity contribution in [2.45, 2.75) is 18.9 Å². The number of thiophene rings is 1. The van der Waals surface area contributed by atoms with Crippen LogP contribution in [-0.4, -0.2) is 38.3 Å². The first-order chi connectivity index (χ1) is 8.35. The molecule has 1 aliphatic rings. The summed E-state index contributed by atoms with van der Waals surface area (Å²) in [4.78, 5) is 2.52. The van der Waals surface area contributed by atoms with Crippen LogP contribution in [0.5, 0.6) is 0 Å². The lowest BCUT2D eigenvalue weighted by atomic mass is 9.95. The molecule has 4 heteroatoms. The monoisotopic (exact) mass is 254 g/mol. The average molecular weight is 254 g/mol. The third kappa shape index (κ3) is 3.28. The molecule has 3 nitrogen and oxygen atoms in total. The number of nitrogens with zero attached hydrogens (tertiary/aromatic N) is 1. The van der Waals surface area contributed by atoms with Crippen molar-refractivity contribution >= 4 is 11.3 Å². The van der Waals surface area contributed by atoms with Crippen LogP contribution in [0.2, 0.25) is 0 Å². The van der Waals surface area contributed by atoms with Gasteiger partial charge in [0.15, 0.2) is 0 Å². The van der Waals surface area contributed by atoms with Gasteiger partial charge in [0.05, 0.1) is 0 Å². The molecule has 0 spiro atoms. The van der Waals surface area contributed by atoms with Crippen molar-refractivity contribution in [3.8, 4) is 0 Å². The van der Waals surface area contributed by atoms with Crippen LogP contribution in [0.3, 0.4) is 0 Å². The molecule has 0 bridgehead atoms. The van der Waals surface area contributed by atoms with E-state index in [1.165, 1.54) is 18.4 Å². The fraction of sp³-hybridized carbons (Fsp3) is 0.692. The molecule has 96 valence electrons. The SMILES string of the molecule is COCC1CCN(C(CN)c2ccsc2)CC1. The lowest BCUT2D eigenvalue weighted by Gasteiger charge is -2.36. The van der Waals surface area contributed by atoms with E-state index in [9.17, 15) is 0 Å². The summed E-state index contributed by atoms with van der Waals surface area (Å²) >= 11 is 1.75. The Hall–Kier alpha value is -0.420. The maximum atomic E-state index is 5.93. The molecule has 2 N–H and O–H groups in total. The molecule has 1 aliphatic heterocycles. The zero-order valence-electron chi connectivity index (χ0n) is 10.5. The maximum absolute atomic E-state index is 5.93. The van der Waals surface area contributed by atoms with Crippen LogP contribution in [0.15, 0.2) is 16.8 Å². The predicted octanol–water partition coefficient (Wildman–Crippen LogP) is 2.11. The minimum Gasteiger partial charge on any atom is -0.384 e. The molecule has 1 saturated heterocycles. The van der Waals surface area contributed by atoms with Gasteiger partial charge >= 0.3 is 0 Å². The molecular weight excluding hydrogens is 232 g/mol. The summed E-state index contributed by atoms with van der Waals surface area (Å²) < 4.78 is 5.23. The predicted molar refractivity (Wildman–Crippen MR) is 72.3 cm³/mol. The molecule has 0 aliphatic carbocycles. The molecule has 17 heavy (non-hydrogen) atoms. The van der Waals surface area contributed by atoms with Crippen molar-refractivity contribution in [3.05, 3.63) is 22.4 Å². The van der Waals surface area contributed by atoms with Crippen LogP contribution in [-0.2, 0) is 4.74 Å². The van der Waals surface area contributed by atoms with Crippen LogP contribution in [0.4, 0.5) is 0 Å². The van der Waals surface area contributed by atoms with Gasteiger partial charge in [-0.15, -0.1) is 0 Å². The molecule has 0 amide bonds. The van der Waals surface area contributed by atoms with Gasteiger partial charge < -0.3 is 10.5 Å². The van der Waals surface area contributed by atoms with E-state index in [0.29, 0.717) is 12.6 Å². The van der Waals surface area contributed by atoms with Crippen molar-refractivity contribution < 1.29 is 4.74 Å². The summed E-state index contributed by atoms with van der Waals surface area (Å²) in [6, 6.07) is 2.61. The molecule has 1 aromatic rings.